The van der Waals surface area contributed by atoms with Crippen LogP contribution in [0, 0.1) is 11.8 Å². The quantitative estimate of drug-likeness (QED) is 0.197. The standard InChI is InChI=1S/C40H49ClN2O6S/c1-4-5-20-40(26-44,48-3)35-16-13-32(35)24-43-25-39(19-9-12-30-22-33(41)15-17-34(30)39)27-49-37-18-14-31(23-36(37)43)38(45)42-50(46,47)28(2)21-29-10-7-6-8-11-29/h5-8,10-11,14-15,17-18,20,22-23,28,32,35,44H,4,9,12-13,16,19,21,24-27H2,1-3H3,(H,42,45)/b20-5+/t28-,32-,35+,39-,40+/m0/s1. The van der Waals surface area contributed by atoms with Gasteiger partial charge in [-0.2, -0.15) is 0 Å². The Kier molecular flexibility index (Phi) is 11.0. The number of aliphatic hydroxyl groups excluding tert-OH is 1. The van der Waals surface area contributed by atoms with Crippen molar-refractivity contribution in [1.29, 1.82) is 0 Å². The van der Waals surface area contributed by atoms with Crippen LogP contribution in [-0.2, 0) is 33.0 Å². The van der Waals surface area contributed by atoms with Gasteiger partial charge in [-0.3, -0.25) is 4.79 Å². The first-order valence-corrected chi connectivity index (χ1v) is 19.7. The zero-order chi connectivity index (χ0) is 35.5. The zero-order valence-corrected chi connectivity index (χ0v) is 30.8. The predicted molar refractivity (Wildman–Crippen MR) is 199 cm³/mol. The number of amides is 1. The molecule has 2 aliphatic carbocycles. The molecule has 1 heterocycles. The maximum atomic E-state index is 13.6. The average molecular weight is 721 g/mol. The summed E-state index contributed by atoms with van der Waals surface area (Å²) in [5.41, 5.74) is 3.27. The van der Waals surface area contributed by atoms with Crippen molar-refractivity contribution < 1.29 is 27.8 Å². The number of hydrogen-bond acceptors (Lipinski definition) is 7. The van der Waals surface area contributed by atoms with Gasteiger partial charge in [0, 0.05) is 36.2 Å². The number of aryl methyl sites for hydroxylation is 1. The number of hydrogen-bond donors (Lipinski definition) is 2. The Labute approximate surface area is 301 Å². The average Bonchev–Trinajstić information content (AvgIpc) is 3.25. The first-order chi connectivity index (χ1) is 24.0. The van der Waals surface area contributed by atoms with E-state index in [1.807, 2.05) is 42.5 Å². The number of aliphatic hydroxyl groups is 1. The molecule has 1 spiro atoms. The summed E-state index contributed by atoms with van der Waals surface area (Å²) in [6.45, 7) is 5.35. The second-order valence-corrected chi connectivity index (χ2v) is 16.9. The van der Waals surface area contributed by atoms with Gasteiger partial charge in [0.05, 0.1) is 24.2 Å². The van der Waals surface area contributed by atoms with Gasteiger partial charge in [-0.25, -0.2) is 13.1 Å². The highest BCUT2D eigenvalue weighted by atomic mass is 35.5. The molecule has 8 nitrogen and oxygen atoms in total. The van der Waals surface area contributed by atoms with E-state index in [2.05, 4.69) is 34.8 Å². The normalized spacial score (nSPS) is 23.6. The molecule has 3 aromatic rings. The molecule has 50 heavy (non-hydrogen) atoms. The van der Waals surface area contributed by atoms with Crippen LogP contribution in [0.1, 0.15) is 73.0 Å². The van der Waals surface area contributed by atoms with Crippen LogP contribution in [0.3, 0.4) is 0 Å². The third-order valence-electron chi connectivity index (χ3n) is 11.2. The lowest BCUT2D eigenvalue weighted by Gasteiger charge is -2.50. The van der Waals surface area contributed by atoms with Crippen molar-refractivity contribution in [2.75, 3.05) is 38.3 Å². The molecule has 1 amide bonds. The van der Waals surface area contributed by atoms with E-state index in [1.54, 1.807) is 32.2 Å². The lowest BCUT2D eigenvalue weighted by molar-refractivity contribution is -0.103. The molecule has 5 atom stereocenters. The van der Waals surface area contributed by atoms with Crippen LogP contribution >= 0.6 is 11.6 Å². The first kappa shape index (κ1) is 36.4. The fraction of sp³-hybridized carbons (Fsp3) is 0.475. The van der Waals surface area contributed by atoms with Gasteiger partial charge in [0.2, 0.25) is 10.0 Å². The molecular weight excluding hydrogens is 672 g/mol. The Balaban J connectivity index is 1.33. The molecule has 0 radical (unpaired) electrons. The highest BCUT2D eigenvalue weighted by molar-refractivity contribution is 7.90. The minimum Gasteiger partial charge on any atom is -0.490 e. The third-order valence-corrected chi connectivity index (χ3v) is 13.1. The lowest BCUT2D eigenvalue weighted by Crippen LogP contribution is -2.54. The van der Waals surface area contributed by atoms with Crippen LogP contribution in [0.15, 0.2) is 78.9 Å². The van der Waals surface area contributed by atoms with Gasteiger partial charge in [0.15, 0.2) is 0 Å². The molecule has 0 saturated heterocycles. The zero-order valence-electron chi connectivity index (χ0n) is 29.2. The van der Waals surface area contributed by atoms with Crippen LogP contribution in [0.25, 0.3) is 0 Å². The highest BCUT2D eigenvalue weighted by Gasteiger charge is 2.48. The Morgan fingerprint density at radius 2 is 1.98 bits per heavy atom. The maximum absolute atomic E-state index is 13.6. The molecule has 6 rings (SSSR count). The van der Waals surface area contributed by atoms with E-state index in [0.29, 0.717) is 25.4 Å². The molecular formula is C40H49ClN2O6S. The second-order valence-electron chi connectivity index (χ2n) is 14.3. The van der Waals surface area contributed by atoms with E-state index in [1.165, 1.54) is 11.1 Å². The monoisotopic (exact) mass is 720 g/mol. The molecule has 0 unspecified atom stereocenters. The van der Waals surface area contributed by atoms with E-state index >= 15 is 0 Å². The molecule has 0 bridgehead atoms. The Hall–Kier alpha value is -3.37. The summed E-state index contributed by atoms with van der Waals surface area (Å²) in [4.78, 5) is 16.0. The Morgan fingerprint density at radius 3 is 2.68 bits per heavy atom. The maximum Gasteiger partial charge on any atom is 0.264 e. The molecule has 2 N–H and O–H groups in total. The number of fused-ring (bicyclic) bond motifs is 3. The summed E-state index contributed by atoms with van der Waals surface area (Å²) in [6.07, 6.45) is 10.00. The van der Waals surface area contributed by atoms with E-state index in [4.69, 9.17) is 21.1 Å². The minimum absolute atomic E-state index is 0.101. The van der Waals surface area contributed by atoms with E-state index < -0.39 is 26.8 Å². The van der Waals surface area contributed by atoms with Crippen molar-refractivity contribution in [3.05, 3.63) is 106 Å². The number of ether oxygens (including phenoxy) is 2. The van der Waals surface area contributed by atoms with Crippen molar-refractivity contribution in [2.45, 2.75) is 75.1 Å². The summed E-state index contributed by atoms with van der Waals surface area (Å²) in [5.74, 6) is 0.288. The number of carbonyl (C=O) groups is 1. The van der Waals surface area contributed by atoms with E-state index in [9.17, 15) is 18.3 Å². The molecule has 10 heteroatoms. The van der Waals surface area contributed by atoms with Crippen LogP contribution in [0.5, 0.6) is 5.75 Å². The van der Waals surface area contributed by atoms with Gasteiger partial charge in [-0.05, 0) is 111 Å². The number of nitrogens with zero attached hydrogens (tertiary/aromatic N) is 1. The van der Waals surface area contributed by atoms with Crippen molar-refractivity contribution in [3.63, 3.8) is 0 Å². The van der Waals surface area contributed by atoms with Gasteiger partial charge < -0.3 is 19.5 Å². The molecule has 3 aliphatic rings. The topological polar surface area (TPSA) is 105 Å². The van der Waals surface area contributed by atoms with Crippen molar-refractivity contribution in [1.82, 2.24) is 4.72 Å². The molecule has 3 aromatic carbocycles. The first-order valence-electron chi connectivity index (χ1n) is 17.8. The number of nitrogens with one attached hydrogen (secondary N) is 1. The number of sulfonamides is 1. The number of carbonyl (C=O) groups excluding carboxylic acids is 1. The minimum atomic E-state index is -3.96. The number of halogens is 1. The summed E-state index contributed by atoms with van der Waals surface area (Å²) in [5, 5.41) is 10.5. The van der Waals surface area contributed by atoms with Crippen LogP contribution in [-0.4, -0.2) is 63.7 Å². The molecule has 1 saturated carbocycles. The number of rotatable bonds is 12. The number of benzene rings is 3. The fourth-order valence-corrected chi connectivity index (χ4v) is 9.39. The van der Waals surface area contributed by atoms with Gasteiger partial charge in [-0.15, -0.1) is 0 Å². The van der Waals surface area contributed by atoms with Gasteiger partial charge in [0.1, 0.15) is 11.4 Å². The van der Waals surface area contributed by atoms with Gasteiger partial charge in [0.25, 0.3) is 5.91 Å². The Bertz CT molecular complexity index is 1810. The summed E-state index contributed by atoms with van der Waals surface area (Å²) < 4.78 is 41.6. The van der Waals surface area contributed by atoms with Crippen LogP contribution in [0.4, 0.5) is 5.69 Å². The summed E-state index contributed by atoms with van der Waals surface area (Å²) in [7, 11) is -2.29. The number of methoxy groups -OCH3 is 1. The summed E-state index contributed by atoms with van der Waals surface area (Å²) in [6, 6.07) is 20.7. The SMILES string of the molecule is CC/C=C/[C@](CO)(OC)[C@@H]1CC[C@H]1CN1C[C@@]2(CCCc3cc(Cl)ccc32)COc2ccc(C(=O)NS(=O)(=O)[C@@H](C)Cc3ccccc3)cc21. The highest BCUT2D eigenvalue weighted by Crippen LogP contribution is 2.48. The van der Waals surface area contributed by atoms with Crippen LogP contribution < -0.4 is 14.4 Å². The van der Waals surface area contributed by atoms with Crippen molar-refractivity contribution in [2.24, 2.45) is 11.8 Å². The van der Waals surface area contributed by atoms with Crippen molar-refractivity contribution in [3.8, 4) is 5.75 Å². The number of anilines is 1. The second kappa shape index (κ2) is 15.1. The van der Waals surface area contributed by atoms with E-state index in [0.717, 1.165) is 54.8 Å². The molecule has 0 aromatic heterocycles. The van der Waals surface area contributed by atoms with Crippen molar-refractivity contribution >= 4 is 33.2 Å². The molecule has 1 fully saturated rings. The fourth-order valence-electron chi connectivity index (χ4n) is 8.21. The lowest BCUT2D eigenvalue weighted by atomic mass is 9.64. The summed E-state index contributed by atoms with van der Waals surface area (Å²) >= 11 is 6.45. The van der Waals surface area contributed by atoms with Gasteiger partial charge >= 0.3 is 0 Å². The molecule has 1 aliphatic heterocycles. The van der Waals surface area contributed by atoms with Gasteiger partial charge in [-0.1, -0.05) is 67.1 Å². The largest absolute Gasteiger partial charge is 0.490 e. The Morgan fingerprint density at radius 1 is 1.18 bits per heavy atom. The smallest absolute Gasteiger partial charge is 0.264 e. The molecule has 268 valence electrons. The predicted octanol–water partition coefficient (Wildman–Crippen LogP) is 6.87. The van der Waals surface area contributed by atoms with Crippen LogP contribution in [0.2, 0.25) is 5.02 Å². The third kappa shape index (κ3) is 7.33. The van der Waals surface area contributed by atoms with E-state index in [-0.39, 0.29) is 35.8 Å². The number of allylic oxidation sites excluding steroid dienone is 1.